The molecule has 1 saturated carbocycles. The molecule has 2 rings (SSSR count). The lowest BCUT2D eigenvalue weighted by atomic mass is 9.80. The van der Waals surface area contributed by atoms with Crippen molar-refractivity contribution in [2.75, 3.05) is 13.1 Å². The van der Waals surface area contributed by atoms with Crippen molar-refractivity contribution >= 4 is 5.96 Å². The van der Waals surface area contributed by atoms with E-state index in [0.29, 0.717) is 12.5 Å². The minimum Gasteiger partial charge on any atom is -0.370 e. The standard InChI is InChI=1S/C18H27N3/c1-15(2)13-20-17(19)21-14-18(10-6-7-11-18)12-16-8-4-3-5-9-16/h3-5,8-9H,1,6-7,10-14H2,2H3,(H3,19,20,21). The van der Waals surface area contributed by atoms with Crippen LogP contribution in [-0.4, -0.2) is 19.0 Å². The van der Waals surface area contributed by atoms with Crippen LogP contribution in [0.1, 0.15) is 38.2 Å². The number of hydrogen-bond donors (Lipinski definition) is 2. The first-order chi connectivity index (χ1) is 10.1. The van der Waals surface area contributed by atoms with E-state index in [1.165, 1.54) is 31.2 Å². The number of aliphatic imine (C=N–C) groups is 1. The molecule has 1 aromatic rings. The monoisotopic (exact) mass is 285 g/mol. The third-order valence-electron chi connectivity index (χ3n) is 4.24. The van der Waals surface area contributed by atoms with E-state index in [4.69, 9.17) is 5.73 Å². The van der Waals surface area contributed by atoms with Gasteiger partial charge in [-0.2, -0.15) is 0 Å². The molecule has 0 heterocycles. The van der Waals surface area contributed by atoms with Crippen molar-refractivity contribution in [2.45, 2.75) is 39.0 Å². The Hall–Kier alpha value is -1.77. The van der Waals surface area contributed by atoms with Crippen molar-refractivity contribution < 1.29 is 0 Å². The summed E-state index contributed by atoms with van der Waals surface area (Å²) >= 11 is 0. The normalized spacial score (nSPS) is 17.7. The molecule has 21 heavy (non-hydrogen) atoms. The highest BCUT2D eigenvalue weighted by Gasteiger charge is 2.33. The third kappa shape index (κ3) is 4.92. The first-order valence-corrected chi connectivity index (χ1v) is 7.82. The van der Waals surface area contributed by atoms with E-state index in [1.807, 2.05) is 6.92 Å². The molecule has 1 aliphatic rings. The maximum Gasteiger partial charge on any atom is 0.188 e. The molecule has 0 spiro atoms. The van der Waals surface area contributed by atoms with E-state index in [9.17, 15) is 0 Å². The van der Waals surface area contributed by atoms with Crippen molar-refractivity contribution in [3.05, 3.63) is 48.0 Å². The lowest BCUT2D eigenvalue weighted by Gasteiger charge is -2.27. The van der Waals surface area contributed by atoms with Gasteiger partial charge in [-0.1, -0.05) is 55.3 Å². The maximum atomic E-state index is 5.95. The molecule has 3 heteroatoms. The zero-order chi connectivity index (χ0) is 15.1. The molecular formula is C18H27N3. The lowest BCUT2D eigenvalue weighted by molar-refractivity contribution is 0.307. The van der Waals surface area contributed by atoms with Gasteiger partial charge in [-0.15, -0.1) is 0 Å². The Morgan fingerprint density at radius 3 is 2.57 bits per heavy atom. The zero-order valence-corrected chi connectivity index (χ0v) is 13.1. The summed E-state index contributed by atoms with van der Waals surface area (Å²) in [5.74, 6) is 0.539. The van der Waals surface area contributed by atoms with Crippen LogP contribution in [0.2, 0.25) is 0 Å². The lowest BCUT2D eigenvalue weighted by Crippen LogP contribution is -2.34. The largest absolute Gasteiger partial charge is 0.370 e. The highest BCUT2D eigenvalue weighted by Crippen LogP contribution is 2.41. The summed E-state index contributed by atoms with van der Waals surface area (Å²) in [7, 11) is 0. The predicted octanol–water partition coefficient (Wildman–Crippen LogP) is 3.27. The van der Waals surface area contributed by atoms with Crippen molar-refractivity contribution in [3.8, 4) is 0 Å². The first-order valence-electron chi connectivity index (χ1n) is 7.82. The third-order valence-corrected chi connectivity index (χ3v) is 4.24. The van der Waals surface area contributed by atoms with Gasteiger partial charge in [-0.05, 0) is 37.2 Å². The second-order valence-electron chi connectivity index (χ2n) is 6.38. The Morgan fingerprint density at radius 2 is 1.95 bits per heavy atom. The molecule has 1 fully saturated rings. The average Bonchev–Trinajstić information content (AvgIpc) is 2.93. The Kier molecular flexibility index (Phi) is 5.43. The van der Waals surface area contributed by atoms with Crippen LogP contribution in [0.15, 0.2) is 47.5 Å². The van der Waals surface area contributed by atoms with E-state index in [0.717, 1.165) is 18.5 Å². The number of benzene rings is 1. The molecule has 114 valence electrons. The number of hydrogen-bond acceptors (Lipinski definition) is 1. The zero-order valence-electron chi connectivity index (χ0n) is 13.1. The second kappa shape index (κ2) is 7.30. The van der Waals surface area contributed by atoms with Gasteiger partial charge in [-0.25, -0.2) is 0 Å². The second-order valence-corrected chi connectivity index (χ2v) is 6.38. The number of nitrogens with two attached hydrogens (primary N) is 1. The minimum absolute atomic E-state index is 0.289. The van der Waals surface area contributed by atoms with Gasteiger partial charge in [0.05, 0.1) is 0 Å². The summed E-state index contributed by atoms with van der Waals surface area (Å²) in [4.78, 5) is 4.59. The van der Waals surface area contributed by atoms with Crippen LogP contribution in [-0.2, 0) is 6.42 Å². The molecule has 1 aliphatic carbocycles. The van der Waals surface area contributed by atoms with E-state index in [1.54, 1.807) is 0 Å². The highest BCUT2D eigenvalue weighted by molar-refractivity contribution is 5.78. The van der Waals surface area contributed by atoms with Gasteiger partial charge in [-0.3, -0.25) is 4.99 Å². The van der Waals surface area contributed by atoms with Crippen molar-refractivity contribution in [1.82, 2.24) is 5.32 Å². The van der Waals surface area contributed by atoms with Gasteiger partial charge in [0.15, 0.2) is 5.96 Å². The van der Waals surface area contributed by atoms with Gasteiger partial charge in [0.1, 0.15) is 0 Å². The van der Waals surface area contributed by atoms with Crippen LogP contribution < -0.4 is 11.1 Å². The van der Waals surface area contributed by atoms with Crippen molar-refractivity contribution in [1.29, 1.82) is 0 Å². The van der Waals surface area contributed by atoms with E-state index >= 15 is 0 Å². The Morgan fingerprint density at radius 1 is 1.29 bits per heavy atom. The molecule has 1 aromatic carbocycles. The molecule has 0 atom stereocenters. The Balaban J connectivity index is 1.98. The summed E-state index contributed by atoms with van der Waals surface area (Å²) in [5.41, 5.74) is 8.71. The Labute approximate surface area is 128 Å². The fourth-order valence-corrected chi connectivity index (χ4v) is 3.09. The smallest absolute Gasteiger partial charge is 0.188 e. The van der Waals surface area contributed by atoms with Crippen molar-refractivity contribution in [2.24, 2.45) is 16.1 Å². The Bertz CT molecular complexity index is 484. The van der Waals surface area contributed by atoms with Gasteiger partial charge in [0.25, 0.3) is 0 Å². The van der Waals surface area contributed by atoms with Crippen molar-refractivity contribution in [3.63, 3.8) is 0 Å². The summed E-state index contributed by atoms with van der Waals surface area (Å²) < 4.78 is 0. The molecule has 0 saturated heterocycles. The topological polar surface area (TPSA) is 50.4 Å². The highest BCUT2D eigenvalue weighted by atomic mass is 15.1. The van der Waals surface area contributed by atoms with Crippen LogP contribution in [0.3, 0.4) is 0 Å². The van der Waals surface area contributed by atoms with E-state index in [-0.39, 0.29) is 5.41 Å². The number of guanidine groups is 1. The summed E-state index contributed by atoms with van der Waals surface area (Å²) in [6, 6.07) is 10.7. The van der Waals surface area contributed by atoms with E-state index in [2.05, 4.69) is 47.2 Å². The predicted molar refractivity (Wildman–Crippen MR) is 90.4 cm³/mol. The quantitative estimate of drug-likeness (QED) is 0.479. The molecule has 0 amide bonds. The molecule has 0 radical (unpaired) electrons. The maximum absolute atomic E-state index is 5.95. The van der Waals surface area contributed by atoms with Crippen LogP contribution in [0.5, 0.6) is 0 Å². The van der Waals surface area contributed by atoms with Crippen LogP contribution in [0.4, 0.5) is 0 Å². The van der Waals surface area contributed by atoms with Crippen LogP contribution in [0.25, 0.3) is 0 Å². The number of nitrogens with one attached hydrogen (secondary N) is 1. The van der Waals surface area contributed by atoms with E-state index < -0.39 is 0 Å². The fourth-order valence-electron chi connectivity index (χ4n) is 3.09. The fraction of sp³-hybridized carbons (Fsp3) is 0.500. The minimum atomic E-state index is 0.289. The summed E-state index contributed by atoms with van der Waals surface area (Å²) in [6.07, 6.45) is 6.21. The van der Waals surface area contributed by atoms with Gasteiger partial charge >= 0.3 is 0 Å². The summed E-state index contributed by atoms with van der Waals surface area (Å²) in [6.45, 7) is 7.35. The first kappa shape index (κ1) is 15.6. The molecule has 0 aliphatic heterocycles. The molecule has 3 N–H and O–H groups in total. The van der Waals surface area contributed by atoms with Gasteiger partial charge in [0, 0.05) is 13.1 Å². The SMILES string of the molecule is C=C(C)CNC(N)=NCC1(Cc2ccccc2)CCCC1. The van der Waals surface area contributed by atoms with Gasteiger partial charge in [0.2, 0.25) is 0 Å². The molecular weight excluding hydrogens is 258 g/mol. The molecule has 0 bridgehead atoms. The van der Waals surface area contributed by atoms with Crippen LogP contribution in [0, 0.1) is 5.41 Å². The van der Waals surface area contributed by atoms with Crippen LogP contribution >= 0.6 is 0 Å². The van der Waals surface area contributed by atoms with Gasteiger partial charge < -0.3 is 11.1 Å². The molecule has 3 nitrogen and oxygen atoms in total. The molecule has 0 aromatic heterocycles. The molecule has 0 unspecified atom stereocenters. The number of nitrogens with zero attached hydrogens (tertiary/aromatic N) is 1. The number of rotatable bonds is 6. The summed E-state index contributed by atoms with van der Waals surface area (Å²) in [5, 5.41) is 3.12. The average molecular weight is 285 g/mol.